The second-order valence-corrected chi connectivity index (χ2v) is 8.26. The molecular weight excluding hydrogens is 402 g/mol. The van der Waals surface area contributed by atoms with Gasteiger partial charge in [-0.05, 0) is 36.6 Å². The van der Waals surface area contributed by atoms with Crippen LogP contribution in [0.4, 0.5) is 17.5 Å². The lowest BCUT2D eigenvalue weighted by Gasteiger charge is -2.35. The number of pyridine rings is 1. The highest BCUT2D eigenvalue weighted by atomic mass is 16.5. The monoisotopic (exact) mass is 429 g/mol. The Morgan fingerprint density at radius 1 is 1.06 bits per heavy atom. The molecule has 8 heteroatoms. The Hall–Kier alpha value is -3.68. The largest absolute Gasteiger partial charge is 0.495 e. The van der Waals surface area contributed by atoms with Gasteiger partial charge in [0.1, 0.15) is 17.1 Å². The maximum atomic E-state index is 6.13. The first-order chi connectivity index (χ1) is 15.6. The fraction of sp³-hybridized carbons (Fsp3) is 0.333. The van der Waals surface area contributed by atoms with E-state index in [9.17, 15) is 0 Å². The summed E-state index contributed by atoms with van der Waals surface area (Å²) in [6, 6.07) is 8.41. The molecule has 3 aromatic heterocycles. The Labute approximate surface area is 187 Å². The van der Waals surface area contributed by atoms with Crippen LogP contribution in [0.2, 0.25) is 0 Å². The van der Waals surface area contributed by atoms with Crippen molar-refractivity contribution >= 4 is 28.4 Å². The zero-order valence-corrected chi connectivity index (χ0v) is 18.4. The second kappa shape index (κ2) is 8.45. The molecule has 0 bridgehead atoms. The van der Waals surface area contributed by atoms with Crippen molar-refractivity contribution in [2.75, 3.05) is 17.7 Å². The third-order valence-corrected chi connectivity index (χ3v) is 6.15. The molecule has 0 amide bonds. The van der Waals surface area contributed by atoms with Gasteiger partial charge in [0.2, 0.25) is 5.95 Å². The molecule has 0 spiro atoms. The quantitative estimate of drug-likeness (QED) is 0.499. The minimum Gasteiger partial charge on any atom is -0.495 e. The number of anilines is 3. The summed E-state index contributed by atoms with van der Waals surface area (Å²) in [7, 11) is 3.62. The van der Waals surface area contributed by atoms with Crippen molar-refractivity contribution in [2.24, 2.45) is 7.05 Å². The van der Waals surface area contributed by atoms with Crippen LogP contribution in [0.15, 0.2) is 49.1 Å². The van der Waals surface area contributed by atoms with Gasteiger partial charge in [0.25, 0.3) is 0 Å². The standard InChI is InChI=1S/C24H27N7O/c1-30-15-18(14-28-30)16-8-9-20(21(12-16)32-2)31(19-6-4-3-5-7-19)24-27-13-17-10-11-26-23(25)22(17)29-24/h8-15,19H,3-7H2,1-2H3,(H2,25,26). The zero-order valence-electron chi connectivity index (χ0n) is 18.4. The summed E-state index contributed by atoms with van der Waals surface area (Å²) in [5.41, 5.74) is 9.85. The van der Waals surface area contributed by atoms with Crippen LogP contribution in [-0.2, 0) is 7.05 Å². The number of nitrogens with zero attached hydrogens (tertiary/aromatic N) is 6. The predicted molar refractivity (Wildman–Crippen MR) is 126 cm³/mol. The number of aryl methyl sites for hydroxylation is 1. The summed E-state index contributed by atoms with van der Waals surface area (Å²) in [4.78, 5) is 16.0. The van der Waals surface area contributed by atoms with Gasteiger partial charge in [-0.1, -0.05) is 25.3 Å². The van der Waals surface area contributed by atoms with Crippen molar-refractivity contribution in [3.63, 3.8) is 0 Å². The van der Waals surface area contributed by atoms with E-state index in [1.54, 1.807) is 18.0 Å². The zero-order chi connectivity index (χ0) is 22.1. The normalized spacial score (nSPS) is 14.6. The molecule has 1 aliphatic rings. The van der Waals surface area contributed by atoms with Crippen LogP contribution < -0.4 is 15.4 Å². The van der Waals surface area contributed by atoms with Gasteiger partial charge in [-0.3, -0.25) is 4.68 Å². The third-order valence-electron chi connectivity index (χ3n) is 6.15. The summed E-state index contributed by atoms with van der Waals surface area (Å²) >= 11 is 0. The number of nitrogen functional groups attached to an aromatic ring is 1. The average molecular weight is 430 g/mol. The molecule has 1 aliphatic carbocycles. The molecule has 32 heavy (non-hydrogen) atoms. The summed E-state index contributed by atoms with van der Waals surface area (Å²) in [6.07, 6.45) is 13.2. The molecule has 0 unspecified atom stereocenters. The van der Waals surface area contributed by atoms with Crippen molar-refractivity contribution in [3.8, 4) is 16.9 Å². The molecule has 0 atom stereocenters. The maximum absolute atomic E-state index is 6.13. The van der Waals surface area contributed by atoms with Gasteiger partial charge in [0, 0.05) is 42.6 Å². The van der Waals surface area contributed by atoms with Crippen LogP contribution in [0.25, 0.3) is 22.0 Å². The smallest absolute Gasteiger partial charge is 0.230 e. The molecule has 2 N–H and O–H groups in total. The lowest BCUT2D eigenvalue weighted by molar-refractivity contribution is 0.404. The Morgan fingerprint density at radius 2 is 1.91 bits per heavy atom. The highest BCUT2D eigenvalue weighted by Crippen LogP contribution is 2.40. The fourth-order valence-corrected chi connectivity index (χ4v) is 4.52. The maximum Gasteiger partial charge on any atom is 0.230 e. The number of methoxy groups -OCH3 is 1. The summed E-state index contributed by atoms with van der Waals surface area (Å²) in [6.45, 7) is 0. The van der Waals surface area contributed by atoms with E-state index in [0.717, 1.165) is 40.8 Å². The van der Waals surface area contributed by atoms with Gasteiger partial charge < -0.3 is 15.4 Å². The number of fused-ring (bicyclic) bond motifs is 1. The first-order valence-corrected chi connectivity index (χ1v) is 11.0. The number of ether oxygens (including phenoxy) is 1. The van der Waals surface area contributed by atoms with E-state index in [2.05, 4.69) is 33.2 Å². The van der Waals surface area contributed by atoms with Crippen molar-refractivity contribution in [2.45, 2.75) is 38.1 Å². The van der Waals surface area contributed by atoms with E-state index >= 15 is 0 Å². The molecule has 8 nitrogen and oxygen atoms in total. The number of hydrogen-bond donors (Lipinski definition) is 1. The van der Waals surface area contributed by atoms with Gasteiger partial charge >= 0.3 is 0 Å². The molecule has 5 rings (SSSR count). The minimum absolute atomic E-state index is 0.289. The Balaban J connectivity index is 1.63. The molecule has 4 aromatic rings. The van der Waals surface area contributed by atoms with Crippen LogP contribution in [0, 0.1) is 0 Å². The molecule has 0 aliphatic heterocycles. The summed E-state index contributed by atoms with van der Waals surface area (Å²) in [5.74, 6) is 1.81. The average Bonchev–Trinajstić information content (AvgIpc) is 3.27. The molecule has 1 fully saturated rings. The van der Waals surface area contributed by atoms with Crippen LogP contribution >= 0.6 is 0 Å². The second-order valence-electron chi connectivity index (χ2n) is 8.26. The lowest BCUT2D eigenvalue weighted by Crippen LogP contribution is -2.34. The Kier molecular flexibility index (Phi) is 5.34. The van der Waals surface area contributed by atoms with Crippen LogP contribution in [-0.4, -0.2) is 37.9 Å². The molecular formula is C24H27N7O. The first-order valence-electron chi connectivity index (χ1n) is 11.0. The van der Waals surface area contributed by atoms with Gasteiger partial charge in [0.15, 0.2) is 0 Å². The SMILES string of the molecule is COc1cc(-c2cnn(C)c2)ccc1N(c1ncc2ccnc(N)c2n1)C1CCCCC1. The highest BCUT2D eigenvalue weighted by molar-refractivity contribution is 5.87. The van der Waals surface area contributed by atoms with Crippen LogP contribution in [0.1, 0.15) is 32.1 Å². The van der Waals surface area contributed by atoms with E-state index in [1.807, 2.05) is 31.7 Å². The van der Waals surface area contributed by atoms with Gasteiger partial charge in [0.05, 0.1) is 19.0 Å². The number of aromatic nitrogens is 5. The van der Waals surface area contributed by atoms with Crippen molar-refractivity contribution in [3.05, 3.63) is 49.1 Å². The van der Waals surface area contributed by atoms with Gasteiger partial charge in [-0.25, -0.2) is 15.0 Å². The number of benzene rings is 1. The van der Waals surface area contributed by atoms with E-state index in [1.165, 1.54) is 19.3 Å². The Morgan fingerprint density at radius 3 is 2.66 bits per heavy atom. The molecule has 0 radical (unpaired) electrons. The van der Waals surface area contributed by atoms with E-state index in [4.69, 9.17) is 20.4 Å². The van der Waals surface area contributed by atoms with Crippen molar-refractivity contribution in [1.29, 1.82) is 0 Å². The first kappa shape index (κ1) is 20.2. The van der Waals surface area contributed by atoms with Crippen molar-refractivity contribution < 1.29 is 4.74 Å². The number of rotatable bonds is 5. The van der Waals surface area contributed by atoms with Crippen molar-refractivity contribution in [1.82, 2.24) is 24.7 Å². The van der Waals surface area contributed by atoms with Gasteiger partial charge in [-0.15, -0.1) is 0 Å². The fourth-order valence-electron chi connectivity index (χ4n) is 4.52. The molecule has 1 aromatic carbocycles. The van der Waals surface area contributed by atoms with Crippen LogP contribution in [0.5, 0.6) is 5.75 Å². The molecule has 3 heterocycles. The highest BCUT2D eigenvalue weighted by Gasteiger charge is 2.28. The number of nitrogens with two attached hydrogens (primary N) is 1. The lowest BCUT2D eigenvalue weighted by atomic mass is 9.93. The molecule has 1 saturated carbocycles. The third kappa shape index (κ3) is 3.72. The topological polar surface area (TPSA) is 95.0 Å². The molecule has 0 saturated heterocycles. The minimum atomic E-state index is 0.289. The van der Waals surface area contributed by atoms with E-state index in [-0.39, 0.29) is 6.04 Å². The summed E-state index contributed by atoms with van der Waals surface area (Å²) < 4.78 is 7.65. The van der Waals surface area contributed by atoms with Crippen LogP contribution in [0.3, 0.4) is 0 Å². The Bertz CT molecular complexity index is 1250. The molecule has 164 valence electrons. The van der Waals surface area contributed by atoms with Gasteiger partial charge in [-0.2, -0.15) is 5.10 Å². The van der Waals surface area contributed by atoms with E-state index in [0.29, 0.717) is 17.3 Å². The van der Waals surface area contributed by atoms with E-state index < -0.39 is 0 Å². The predicted octanol–water partition coefficient (Wildman–Crippen LogP) is 4.49. The summed E-state index contributed by atoms with van der Waals surface area (Å²) in [5, 5.41) is 5.17. The number of hydrogen-bond acceptors (Lipinski definition) is 7.